The highest BCUT2D eigenvalue weighted by Gasteiger charge is 2.28. The van der Waals surface area contributed by atoms with E-state index < -0.39 is 0 Å². The largest absolute Gasteiger partial charge is 0.452 e. The summed E-state index contributed by atoms with van der Waals surface area (Å²) < 4.78 is 4.94. The average Bonchev–Trinajstić information content (AvgIpc) is 2.62. The Balaban J connectivity index is 2.13. The molecule has 2 rings (SSSR count). The summed E-state index contributed by atoms with van der Waals surface area (Å²) in [6.45, 7) is 5.82. The summed E-state index contributed by atoms with van der Waals surface area (Å²) in [4.78, 5) is 14.0. The molecule has 1 saturated heterocycles. The van der Waals surface area contributed by atoms with Gasteiger partial charge in [-0.3, -0.25) is 4.79 Å². The predicted molar refractivity (Wildman–Crippen MR) is 66.1 cm³/mol. The van der Waals surface area contributed by atoms with Crippen molar-refractivity contribution < 1.29 is 9.21 Å². The van der Waals surface area contributed by atoms with E-state index in [1.807, 2.05) is 16.7 Å². The molecule has 0 radical (unpaired) electrons. The van der Waals surface area contributed by atoms with Crippen LogP contribution in [0.3, 0.4) is 0 Å². The molecule has 0 N–H and O–H groups in total. The Hall–Kier alpha value is -0.610. The second-order valence-electron chi connectivity index (χ2n) is 4.08. The van der Waals surface area contributed by atoms with Crippen molar-refractivity contribution >= 4 is 29.3 Å². The van der Waals surface area contributed by atoms with E-state index in [2.05, 4.69) is 13.8 Å². The molecule has 1 aromatic heterocycles. The Morgan fingerprint density at radius 3 is 2.62 bits per heavy atom. The quantitative estimate of drug-likeness (QED) is 0.778. The van der Waals surface area contributed by atoms with Gasteiger partial charge in [-0.2, -0.15) is 11.8 Å². The number of nitrogens with zero attached hydrogens (tertiary/aromatic N) is 1. The molecule has 1 fully saturated rings. The fraction of sp³-hybridized carbons (Fsp3) is 0.545. The van der Waals surface area contributed by atoms with Crippen molar-refractivity contribution in [2.45, 2.75) is 24.3 Å². The Labute approximate surface area is 104 Å². The number of carbonyl (C=O) groups excluding carboxylic acids is 1. The van der Waals surface area contributed by atoms with Crippen LogP contribution >= 0.6 is 23.4 Å². The fourth-order valence-electron chi connectivity index (χ4n) is 1.96. The van der Waals surface area contributed by atoms with E-state index in [4.69, 9.17) is 16.0 Å². The third-order valence-electron chi connectivity index (χ3n) is 2.56. The van der Waals surface area contributed by atoms with Crippen molar-refractivity contribution in [3.63, 3.8) is 0 Å². The number of carbonyl (C=O) groups is 1. The summed E-state index contributed by atoms with van der Waals surface area (Å²) in [6, 6.07) is 1.63. The molecule has 1 amide bonds. The maximum atomic E-state index is 12.1. The topological polar surface area (TPSA) is 33.5 Å². The van der Waals surface area contributed by atoms with Gasteiger partial charge in [0.15, 0.2) is 0 Å². The molecule has 1 aromatic rings. The van der Waals surface area contributed by atoms with Gasteiger partial charge in [-0.1, -0.05) is 13.8 Å². The normalized spacial score (nSPS) is 25.8. The number of furan rings is 1. The van der Waals surface area contributed by atoms with Crippen LogP contribution in [0.1, 0.15) is 24.2 Å². The van der Waals surface area contributed by atoms with Gasteiger partial charge in [0.1, 0.15) is 0 Å². The molecule has 0 aliphatic carbocycles. The summed E-state index contributed by atoms with van der Waals surface area (Å²) in [7, 11) is 0. The number of rotatable bonds is 1. The molecule has 0 spiro atoms. The molecule has 0 aromatic carbocycles. The lowest BCUT2D eigenvalue weighted by molar-refractivity contribution is 0.0753. The number of halogens is 1. The van der Waals surface area contributed by atoms with Gasteiger partial charge in [-0.15, -0.1) is 0 Å². The molecular weight excluding hydrogens is 246 g/mol. The van der Waals surface area contributed by atoms with Crippen molar-refractivity contribution in [3.05, 3.63) is 23.1 Å². The summed E-state index contributed by atoms with van der Waals surface area (Å²) in [6.07, 6.45) is 1.45. The first-order valence-corrected chi connectivity index (χ1v) is 6.57. The summed E-state index contributed by atoms with van der Waals surface area (Å²) in [5, 5.41) is 1.13. The Morgan fingerprint density at radius 2 is 2.12 bits per heavy atom. The highest BCUT2D eigenvalue weighted by molar-refractivity contribution is 8.00. The average molecular weight is 260 g/mol. The minimum absolute atomic E-state index is 0.0299. The summed E-state index contributed by atoms with van der Waals surface area (Å²) >= 11 is 7.72. The lowest BCUT2D eigenvalue weighted by atomic mass is 10.2. The van der Waals surface area contributed by atoms with E-state index in [0.717, 1.165) is 13.1 Å². The SMILES string of the molecule is CC1CN(C(=O)c2ccoc2Cl)CC(C)S1. The van der Waals surface area contributed by atoms with Crippen molar-refractivity contribution in [1.29, 1.82) is 0 Å². The summed E-state index contributed by atoms with van der Waals surface area (Å²) in [5.41, 5.74) is 0.466. The van der Waals surface area contributed by atoms with Gasteiger partial charge in [0.25, 0.3) is 5.91 Å². The Bertz CT molecular complexity index is 383. The lowest BCUT2D eigenvalue weighted by Gasteiger charge is -2.34. The standard InChI is InChI=1S/C11H14ClNO2S/c1-7-5-13(6-8(2)16-7)11(14)9-3-4-15-10(9)12/h3-4,7-8H,5-6H2,1-2H3. The number of amides is 1. The van der Waals surface area contributed by atoms with Gasteiger partial charge in [0.05, 0.1) is 11.8 Å². The van der Waals surface area contributed by atoms with Crippen LogP contribution in [-0.4, -0.2) is 34.4 Å². The second-order valence-corrected chi connectivity index (χ2v) is 6.30. The third kappa shape index (κ3) is 2.38. The number of hydrogen-bond acceptors (Lipinski definition) is 3. The molecular formula is C11H14ClNO2S. The van der Waals surface area contributed by atoms with Crippen LogP contribution in [0.2, 0.25) is 5.22 Å². The molecule has 5 heteroatoms. The van der Waals surface area contributed by atoms with Crippen LogP contribution in [0.25, 0.3) is 0 Å². The zero-order chi connectivity index (χ0) is 11.7. The molecule has 1 aliphatic rings. The third-order valence-corrected chi connectivity index (χ3v) is 4.08. The van der Waals surface area contributed by atoms with Crippen LogP contribution in [0.4, 0.5) is 0 Å². The molecule has 88 valence electrons. The zero-order valence-corrected chi connectivity index (χ0v) is 10.8. The zero-order valence-electron chi connectivity index (χ0n) is 9.27. The minimum Gasteiger partial charge on any atom is -0.452 e. The van der Waals surface area contributed by atoms with Crippen molar-refractivity contribution in [1.82, 2.24) is 4.90 Å². The molecule has 0 bridgehead atoms. The van der Waals surface area contributed by atoms with Gasteiger partial charge in [-0.05, 0) is 17.7 Å². The van der Waals surface area contributed by atoms with Crippen LogP contribution in [0.5, 0.6) is 0 Å². The Morgan fingerprint density at radius 1 is 1.50 bits per heavy atom. The molecule has 16 heavy (non-hydrogen) atoms. The number of hydrogen-bond donors (Lipinski definition) is 0. The lowest BCUT2D eigenvalue weighted by Crippen LogP contribution is -2.44. The van der Waals surface area contributed by atoms with E-state index in [1.165, 1.54) is 6.26 Å². The molecule has 2 atom stereocenters. The van der Waals surface area contributed by atoms with E-state index in [-0.39, 0.29) is 11.1 Å². The maximum Gasteiger partial charge on any atom is 0.258 e. The van der Waals surface area contributed by atoms with Gasteiger partial charge in [0.2, 0.25) is 5.22 Å². The van der Waals surface area contributed by atoms with Crippen LogP contribution in [0.15, 0.2) is 16.7 Å². The predicted octanol–water partition coefficient (Wildman–Crippen LogP) is 2.90. The van der Waals surface area contributed by atoms with Gasteiger partial charge >= 0.3 is 0 Å². The molecule has 1 aliphatic heterocycles. The summed E-state index contributed by atoms with van der Waals surface area (Å²) in [5.74, 6) is -0.0299. The van der Waals surface area contributed by atoms with Crippen molar-refractivity contribution in [2.75, 3.05) is 13.1 Å². The van der Waals surface area contributed by atoms with Crippen molar-refractivity contribution in [3.8, 4) is 0 Å². The van der Waals surface area contributed by atoms with Gasteiger partial charge in [0, 0.05) is 23.6 Å². The highest BCUT2D eigenvalue weighted by atomic mass is 35.5. The van der Waals surface area contributed by atoms with Crippen LogP contribution < -0.4 is 0 Å². The maximum absolute atomic E-state index is 12.1. The molecule has 3 nitrogen and oxygen atoms in total. The first-order chi connectivity index (χ1) is 7.58. The number of thioether (sulfide) groups is 1. The van der Waals surface area contributed by atoms with E-state index >= 15 is 0 Å². The second kappa shape index (κ2) is 4.72. The molecule has 2 heterocycles. The minimum atomic E-state index is -0.0299. The molecule has 0 saturated carbocycles. The van der Waals surface area contributed by atoms with Gasteiger partial charge in [-0.25, -0.2) is 0 Å². The monoisotopic (exact) mass is 259 g/mol. The molecule has 2 unspecified atom stereocenters. The van der Waals surface area contributed by atoms with E-state index in [9.17, 15) is 4.79 Å². The van der Waals surface area contributed by atoms with E-state index in [0.29, 0.717) is 16.1 Å². The first kappa shape index (κ1) is 11.9. The fourth-order valence-corrected chi connectivity index (χ4v) is 3.48. The Kier molecular flexibility index (Phi) is 3.50. The smallest absolute Gasteiger partial charge is 0.258 e. The highest BCUT2D eigenvalue weighted by Crippen LogP contribution is 2.27. The van der Waals surface area contributed by atoms with Gasteiger partial charge < -0.3 is 9.32 Å². The van der Waals surface area contributed by atoms with Crippen molar-refractivity contribution in [2.24, 2.45) is 0 Å². The van der Waals surface area contributed by atoms with Crippen LogP contribution in [0, 0.1) is 0 Å². The van der Waals surface area contributed by atoms with Crippen LogP contribution in [-0.2, 0) is 0 Å². The van der Waals surface area contributed by atoms with E-state index in [1.54, 1.807) is 6.07 Å². The first-order valence-electron chi connectivity index (χ1n) is 5.25.